The van der Waals surface area contributed by atoms with Gasteiger partial charge in [0.05, 0.1) is 10.6 Å². The second-order valence-corrected chi connectivity index (χ2v) is 8.62. The summed E-state index contributed by atoms with van der Waals surface area (Å²) in [7, 11) is 0. The fourth-order valence-corrected chi connectivity index (χ4v) is 3.73. The first-order chi connectivity index (χ1) is 13.9. The van der Waals surface area contributed by atoms with Crippen LogP contribution in [0.15, 0.2) is 23.3 Å². The van der Waals surface area contributed by atoms with E-state index < -0.39 is 17.8 Å². The molecule has 0 amide bonds. The normalized spacial score (nSPS) is 21.9. The Labute approximate surface area is 181 Å². The lowest BCUT2D eigenvalue weighted by atomic mass is 9.97. The predicted molar refractivity (Wildman–Crippen MR) is 115 cm³/mol. The summed E-state index contributed by atoms with van der Waals surface area (Å²) in [6.07, 6.45) is 4.10. The Hall–Kier alpha value is -2.15. The van der Waals surface area contributed by atoms with E-state index >= 15 is 0 Å². The van der Waals surface area contributed by atoms with E-state index in [9.17, 15) is 24.9 Å². The van der Waals surface area contributed by atoms with Crippen LogP contribution >= 0.6 is 11.6 Å². The maximum atomic E-state index is 12.0. The summed E-state index contributed by atoms with van der Waals surface area (Å²) in [6, 6.07) is 0. The zero-order chi connectivity index (χ0) is 22.8. The van der Waals surface area contributed by atoms with Gasteiger partial charge in [-0.05, 0) is 65.0 Å². The number of ether oxygens (including phenoxy) is 1. The van der Waals surface area contributed by atoms with Gasteiger partial charge in [0.1, 0.15) is 29.3 Å². The van der Waals surface area contributed by atoms with Gasteiger partial charge in [0, 0.05) is 5.56 Å². The van der Waals surface area contributed by atoms with Crippen molar-refractivity contribution in [2.45, 2.75) is 71.7 Å². The summed E-state index contributed by atoms with van der Waals surface area (Å²) in [4.78, 5) is 23.2. The Morgan fingerprint density at radius 3 is 2.37 bits per heavy atom. The van der Waals surface area contributed by atoms with E-state index in [1.807, 2.05) is 26.0 Å². The van der Waals surface area contributed by atoms with Gasteiger partial charge in [0.2, 0.25) is 0 Å². The molecule has 1 saturated heterocycles. The molecule has 1 aromatic carbocycles. The minimum Gasteiger partial charge on any atom is -0.507 e. The van der Waals surface area contributed by atoms with Crippen molar-refractivity contribution >= 4 is 23.7 Å². The number of phenols is 2. The fraction of sp³-hybridized carbons (Fsp3) is 0.478. The van der Waals surface area contributed by atoms with Crippen LogP contribution in [-0.2, 0) is 16.0 Å². The molecule has 1 fully saturated rings. The van der Waals surface area contributed by atoms with Crippen molar-refractivity contribution in [1.82, 2.24) is 0 Å². The van der Waals surface area contributed by atoms with Crippen molar-refractivity contribution in [3.63, 3.8) is 0 Å². The zero-order valence-corrected chi connectivity index (χ0v) is 18.7. The number of aldehydes is 1. The molecule has 30 heavy (non-hydrogen) atoms. The van der Waals surface area contributed by atoms with Gasteiger partial charge in [-0.25, -0.2) is 0 Å². The standard InChI is InChI=1S/C23H29ClO6/c1-12(7-6-8-13(2)21-20(28)22(29)23(4,5)30-21)9-10-15-18(26)16(11-25)14(3)17(24)19(15)27/h8-9,11,20-21,26-28H,6-7,10H2,1-5H3/b12-9+,13-8+/t20-,21+/m0/s1. The molecular weight excluding hydrogens is 408 g/mol. The summed E-state index contributed by atoms with van der Waals surface area (Å²) in [6.45, 7) is 8.60. The molecule has 0 unspecified atom stereocenters. The van der Waals surface area contributed by atoms with Crippen LogP contribution in [0.1, 0.15) is 62.0 Å². The van der Waals surface area contributed by atoms with Gasteiger partial charge >= 0.3 is 0 Å². The minimum absolute atomic E-state index is 0.0575. The molecule has 2 rings (SSSR count). The SMILES string of the molecule is C/C(=C\Cc1c(O)c(Cl)c(C)c(C=O)c1O)CC/C=C(\C)[C@H]1OC(C)(C)C(=O)[C@H]1O. The Morgan fingerprint density at radius 1 is 1.20 bits per heavy atom. The number of phenolic OH excluding ortho intramolecular Hbond substituents is 2. The van der Waals surface area contributed by atoms with Crippen LogP contribution in [0.2, 0.25) is 5.02 Å². The number of carbonyl (C=O) groups is 2. The molecule has 2 atom stereocenters. The number of aliphatic hydroxyl groups is 1. The van der Waals surface area contributed by atoms with Gasteiger partial charge in [-0.1, -0.05) is 29.3 Å². The molecule has 0 aromatic heterocycles. The number of allylic oxidation sites excluding steroid dienone is 3. The molecule has 0 aliphatic carbocycles. The average molecular weight is 437 g/mol. The van der Waals surface area contributed by atoms with Gasteiger partial charge in [-0.15, -0.1) is 0 Å². The molecule has 3 N–H and O–H groups in total. The Balaban J connectivity index is 2.05. The van der Waals surface area contributed by atoms with Crippen molar-refractivity contribution in [3.05, 3.63) is 45.0 Å². The average Bonchev–Trinajstić information content (AvgIpc) is 2.89. The van der Waals surface area contributed by atoms with Crippen LogP contribution in [0.5, 0.6) is 11.5 Å². The van der Waals surface area contributed by atoms with Crippen molar-refractivity contribution in [2.75, 3.05) is 0 Å². The third kappa shape index (κ3) is 4.77. The minimum atomic E-state index is -1.16. The van der Waals surface area contributed by atoms with E-state index in [0.29, 0.717) is 24.7 Å². The number of carbonyl (C=O) groups excluding carboxylic acids is 2. The topological polar surface area (TPSA) is 104 Å². The maximum Gasteiger partial charge on any atom is 0.195 e. The summed E-state index contributed by atoms with van der Waals surface area (Å²) < 4.78 is 5.69. The van der Waals surface area contributed by atoms with Crippen LogP contribution in [0.4, 0.5) is 0 Å². The first-order valence-electron chi connectivity index (χ1n) is 9.82. The van der Waals surface area contributed by atoms with Crippen molar-refractivity contribution < 1.29 is 29.6 Å². The summed E-state index contributed by atoms with van der Waals surface area (Å²) in [5, 5.41) is 30.7. The molecule has 1 aromatic rings. The lowest BCUT2D eigenvalue weighted by Crippen LogP contribution is -2.32. The molecule has 7 heteroatoms. The monoisotopic (exact) mass is 436 g/mol. The quantitative estimate of drug-likeness (QED) is 0.437. The van der Waals surface area contributed by atoms with Crippen LogP contribution in [-0.4, -0.2) is 45.2 Å². The molecule has 0 saturated carbocycles. The first kappa shape index (κ1) is 24.1. The molecular formula is C23H29ClO6. The largest absolute Gasteiger partial charge is 0.507 e. The smallest absolute Gasteiger partial charge is 0.195 e. The predicted octanol–water partition coefficient (Wildman–Crippen LogP) is 4.19. The molecule has 1 aliphatic rings. The summed E-state index contributed by atoms with van der Waals surface area (Å²) >= 11 is 6.07. The first-order valence-corrected chi connectivity index (χ1v) is 10.2. The molecule has 6 nitrogen and oxygen atoms in total. The van der Waals surface area contributed by atoms with E-state index in [1.165, 1.54) is 0 Å². The highest BCUT2D eigenvalue weighted by Gasteiger charge is 2.48. The van der Waals surface area contributed by atoms with Crippen LogP contribution in [0.25, 0.3) is 0 Å². The van der Waals surface area contributed by atoms with Gasteiger partial charge in [-0.3, -0.25) is 9.59 Å². The molecule has 0 radical (unpaired) electrons. The third-order valence-corrected chi connectivity index (χ3v) is 6.03. The number of hydrogen-bond acceptors (Lipinski definition) is 6. The number of halogens is 1. The highest BCUT2D eigenvalue weighted by Crippen LogP contribution is 2.40. The van der Waals surface area contributed by atoms with Crippen molar-refractivity contribution in [3.8, 4) is 11.5 Å². The summed E-state index contributed by atoms with van der Waals surface area (Å²) in [5.41, 5.74) is 1.43. The highest BCUT2D eigenvalue weighted by atomic mass is 35.5. The number of benzene rings is 1. The zero-order valence-electron chi connectivity index (χ0n) is 18.0. The Kier molecular flexibility index (Phi) is 7.50. The van der Waals surface area contributed by atoms with E-state index in [-0.39, 0.29) is 39.9 Å². The Morgan fingerprint density at radius 2 is 1.83 bits per heavy atom. The van der Waals surface area contributed by atoms with Crippen LogP contribution < -0.4 is 0 Å². The van der Waals surface area contributed by atoms with Gasteiger partial charge in [0.15, 0.2) is 12.1 Å². The van der Waals surface area contributed by atoms with E-state index in [2.05, 4.69) is 0 Å². The number of Topliss-reactive ketones (excluding diaryl/α,β-unsaturated/α-hetero) is 1. The number of rotatable bonds is 7. The maximum absolute atomic E-state index is 12.0. The van der Waals surface area contributed by atoms with Gasteiger partial charge in [0.25, 0.3) is 0 Å². The molecule has 0 spiro atoms. The molecule has 1 aliphatic heterocycles. The number of aromatic hydroxyl groups is 2. The second-order valence-electron chi connectivity index (χ2n) is 8.25. The van der Waals surface area contributed by atoms with E-state index in [4.69, 9.17) is 16.3 Å². The number of aliphatic hydroxyl groups excluding tert-OH is 1. The second kappa shape index (κ2) is 9.33. The summed E-state index contributed by atoms with van der Waals surface area (Å²) in [5.74, 6) is -0.803. The fourth-order valence-electron chi connectivity index (χ4n) is 3.52. The lowest BCUT2D eigenvalue weighted by Gasteiger charge is -2.18. The highest BCUT2D eigenvalue weighted by molar-refractivity contribution is 6.33. The van der Waals surface area contributed by atoms with Gasteiger partial charge in [-0.2, -0.15) is 0 Å². The molecule has 164 valence electrons. The van der Waals surface area contributed by atoms with Crippen LogP contribution in [0.3, 0.4) is 0 Å². The van der Waals surface area contributed by atoms with Gasteiger partial charge < -0.3 is 20.1 Å². The number of ketones is 1. The number of hydrogen-bond donors (Lipinski definition) is 3. The lowest BCUT2D eigenvalue weighted by molar-refractivity contribution is -0.132. The third-order valence-electron chi connectivity index (χ3n) is 5.56. The molecule has 0 bridgehead atoms. The Bertz CT molecular complexity index is 913. The van der Waals surface area contributed by atoms with E-state index in [1.54, 1.807) is 20.8 Å². The van der Waals surface area contributed by atoms with Crippen molar-refractivity contribution in [1.29, 1.82) is 0 Å². The van der Waals surface area contributed by atoms with E-state index in [0.717, 1.165) is 11.1 Å². The van der Waals surface area contributed by atoms with Crippen molar-refractivity contribution in [2.24, 2.45) is 0 Å². The molecule has 1 heterocycles. The van der Waals surface area contributed by atoms with Crippen LogP contribution in [0, 0.1) is 6.92 Å².